The van der Waals surface area contributed by atoms with Crippen LogP contribution in [0.15, 0.2) is 98.4 Å². The van der Waals surface area contributed by atoms with Gasteiger partial charge in [-0.3, -0.25) is 0 Å². The molecule has 4 aromatic carbocycles. The van der Waals surface area contributed by atoms with Crippen LogP contribution in [-0.4, -0.2) is 127 Å². The Morgan fingerprint density at radius 3 is 1.25 bits per heavy atom. The van der Waals surface area contributed by atoms with Crippen molar-refractivity contribution in [2.24, 2.45) is 0 Å². The molecule has 0 saturated heterocycles. The summed E-state index contributed by atoms with van der Waals surface area (Å²) in [5, 5.41) is 0. The minimum atomic E-state index is -5.36. The molecule has 15 nitrogen and oxygen atoms in total. The van der Waals surface area contributed by atoms with Gasteiger partial charge in [-0.15, -0.1) is 0 Å². The maximum atomic E-state index is 12.3. The smallest absolute Gasteiger partial charge is 0.744 e. The molecule has 0 aliphatic carbocycles. The topological polar surface area (TPSA) is 256 Å². The molecule has 0 radical (unpaired) electrons. The third kappa shape index (κ3) is 16.4. The SMILES string of the molecule is CCCCCCCCCCCCc1ccc(Oc2ccc(Oc3ccc(Oc4cccc(S(=O)(=O)[O-])c4)c(S(=O)(=O)[O-])c3)c(S(=O)(=O)[O-])c2)c(S(=O)(=O)[O-])c1.[Ca+2].[Ca+2]. The van der Waals surface area contributed by atoms with Gasteiger partial charge in [0.25, 0.3) is 0 Å². The van der Waals surface area contributed by atoms with Crippen molar-refractivity contribution >= 4 is 116 Å². The van der Waals surface area contributed by atoms with Gasteiger partial charge in [-0.25, -0.2) is 33.7 Å². The molecule has 0 N–H and O–H groups in total. The van der Waals surface area contributed by atoms with Gasteiger partial charge in [-0.05, 0) is 73.0 Å². The largest absolute Gasteiger partial charge is 2.00 e. The van der Waals surface area contributed by atoms with Crippen LogP contribution in [0.3, 0.4) is 0 Å². The summed E-state index contributed by atoms with van der Waals surface area (Å²) in [5.74, 6) is -2.84. The first-order valence-corrected chi connectivity index (χ1v) is 22.8. The standard InChI is InChI=1S/C36H42O15S4.2Ca/c1-2-3-4-5-6-7-8-9-10-11-13-26-16-19-31(34(22-26)53(40,41)42)50-28-18-21-33(36(24-28)55(46,47)48)51-29-17-20-32(35(25-29)54(43,44)45)49-27-14-12-15-30(23-27)52(37,38)39;;/h12,14-25H,2-11,13H2,1H3,(H,37,38,39)(H,40,41,42)(H,43,44,45)(H,46,47,48);;/q;2*+2/p-4. The van der Waals surface area contributed by atoms with Crippen LogP contribution in [0, 0.1) is 0 Å². The molecule has 0 amide bonds. The molecule has 0 heterocycles. The molecular formula is C36H38Ca2O15S4. The quantitative estimate of drug-likeness (QED) is 0.0499. The molecule has 0 aliphatic heterocycles. The zero-order valence-corrected chi connectivity index (χ0v) is 38.6. The number of hydrogen-bond acceptors (Lipinski definition) is 15. The fraction of sp³-hybridized carbons (Fsp3) is 0.333. The summed E-state index contributed by atoms with van der Waals surface area (Å²) >= 11 is 0. The number of ether oxygens (including phenoxy) is 3. The molecule has 0 bridgehead atoms. The van der Waals surface area contributed by atoms with Gasteiger partial charge in [0.15, 0.2) is 0 Å². The second kappa shape index (κ2) is 22.9. The second-order valence-electron chi connectivity index (χ2n) is 12.5. The van der Waals surface area contributed by atoms with Crippen LogP contribution in [0.25, 0.3) is 0 Å². The Labute approximate surface area is 393 Å². The first-order chi connectivity index (χ1) is 25.8. The van der Waals surface area contributed by atoms with Crippen molar-refractivity contribution in [2.45, 2.75) is 97.1 Å². The van der Waals surface area contributed by atoms with Crippen LogP contribution in [0.4, 0.5) is 0 Å². The second-order valence-corrected chi connectivity index (χ2v) is 18.0. The Kier molecular flexibility index (Phi) is 20.7. The van der Waals surface area contributed by atoms with Gasteiger partial charge in [0.2, 0.25) is 0 Å². The van der Waals surface area contributed by atoms with Crippen molar-refractivity contribution < 1.29 is 66.1 Å². The van der Waals surface area contributed by atoms with E-state index in [4.69, 9.17) is 14.2 Å². The number of benzene rings is 4. The summed E-state index contributed by atoms with van der Waals surface area (Å²) in [5.41, 5.74) is 0.577. The maximum absolute atomic E-state index is 12.3. The van der Waals surface area contributed by atoms with E-state index in [-0.39, 0.29) is 87.0 Å². The Balaban J connectivity index is 0.00000561. The van der Waals surface area contributed by atoms with Gasteiger partial charge >= 0.3 is 75.5 Å². The molecule has 57 heavy (non-hydrogen) atoms. The number of aryl methyl sites for hydroxylation is 1. The molecule has 0 aliphatic rings. The van der Waals surface area contributed by atoms with Gasteiger partial charge in [-0.1, -0.05) is 76.8 Å². The van der Waals surface area contributed by atoms with E-state index >= 15 is 0 Å². The van der Waals surface area contributed by atoms with E-state index in [0.29, 0.717) is 24.1 Å². The molecule has 4 rings (SSSR count). The van der Waals surface area contributed by atoms with Crippen molar-refractivity contribution in [2.75, 3.05) is 0 Å². The van der Waals surface area contributed by atoms with Gasteiger partial charge in [0.1, 0.15) is 84.8 Å². The molecule has 0 spiro atoms. The molecule has 0 atom stereocenters. The molecule has 4 aromatic rings. The van der Waals surface area contributed by atoms with E-state index in [0.717, 1.165) is 74.6 Å². The van der Waals surface area contributed by atoms with Crippen LogP contribution in [0.2, 0.25) is 0 Å². The average Bonchev–Trinajstić information content (AvgIpc) is 3.09. The molecule has 0 saturated carbocycles. The van der Waals surface area contributed by atoms with Crippen molar-refractivity contribution in [3.63, 3.8) is 0 Å². The summed E-state index contributed by atoms with van der Waals surface area (Å²) < 4.78 is 160. The van der Waals surface area contributed by atoms with E-state index in [1.54, 1.807) is 6.07 Å². The van der Waals surface area contributed by atoms with Crippen LogP contribution < -0.4 is 14.2 Å². The van der Waals surface area contributed by atoms with E-state index in [9.17, 15) is 51.9 Å². The van der Waals surface area contributed by atoms with Crippen molar-refractivity contribution in [3.8, 4) is 34.5 Å². The van der Waals surface area contributed by atoms with Crippen LogP contribution >= 0.6 is 0 Å². The Morgan fingerprint density at radius 1 is 0.439 bits per heavy atom. The zero-order chi connectivity index (χ0) is 40.4. The molecule has 300 valence electrons. The van der Waals surface area contributed by atoms with Crippen LogP contribution in [0.5, 0.6) is 34.5 Å². The molecular weight excluding hydrogens is 881 g/mol. The summed E-state index contributed by atoms with van der Waals surface area (Å²) in [7, 11) is -20.7. The fourth-order valence-corrected chi connectivity index (χ4v) is 7.93. The first kappa shape index (κ1) is 51.6. The normalized spacial score (nSPS) is 11.9. The molecule has 0 aromatic heterocycles. The van der Waals surface area contributed by atoms with Crippen molar-refractivity contribution in [1.29, 1.82) is 0 Å². The van der Waals surface area contributed by atoms with Crippen molar-refractivity contribution in [1.82, 2.24) is 0 Å². The van der Waals surface area contributed by atoms with Crippen LogP contribution in [0.1, 0.15) is 76.7 Å². The summed E-state index contributed by atoms with van der Waals surface area (Å²) in [6.45, 7) is 2.17. The van der Waals surface area contributed by atoms with Crippen molar-refractivity contribution in [3.05, 3.63) is 84.4 Å². The number of unbranched alkanes of at least 4 members (excludes halogenated alkanes) is 9. The average molecular weight is 919 g/mol. The predicted molar refractivity (Wildman–Crippen MR) is 205 cm³/mol. The Hall–Kier alpha value is -1.56. The zero-order valence-electron chi connectivity index (χ0n) is 31.0. The van der Waals surface area contributed by atoms with Crippen LogP contribution in [-0.2, 0) is 46.9 Å². The summed E-state index contributed by atoms with van der Waals surface area (Å²) in [4.78, 5) is -3.46. The minimum Gasteiger partial charge on any atom is -0.744 e. The third-order valence-corrected chi connectivity index (χ3v) is 11.6. The minimum absolute atomic E-state index is 0. The summed E-state index contributed by atoms with van der Waals surface area (Å²) in [6, 6.07) is 13.4. The van der Waals surface area contributed by atoms with E-state index in [1.165, 1.54) is 50.3 Å². The Bertz CT molecular complexity index is 2420. The monoisotopic (exact) mass is 918 g/mol. The Morgan fingerprint density at radius 2 is 0.825 bits per heavy atom. The fourth-order valence-electron chi connectivity index (χ4n) is 5.54. The molecule has 0 fully saturated rings. The van der Waals surface area contributed by atoms with E-state index in [2.05, 4.69) is 6.92 Å². The third-order valence-electron chi connectivity index (χ3n) is 8.24. The summed E-state index contributed by atoms with van der Waals surface area (Å²) in [6.07, 6.45) is 11.6. The maximum Gasteiger partial charge on any atom is 2.00 e. The van der Waals surface area contributed by atoms with E-state index < -0.39 is 83.1 Å². The van der Waals surface area contributed by atoms with Gasteiger partial charge in [0, 0.05) is 12.1 Å². The van der Waals surface area contributed by atoms with Gasteiger partial charge < -0.3 is 32.4 Å². The first-order valence-electron chi connectivity index (χ1n) is 17.1. The number of hydrogen-bond donors (Lipinski definition) is 0. The number of rotatable bonds is 21. The van der Waals surface area contributed by atoms with Gasteiger partial charge in [0.05, 0.1) is 9.79 Å². The molecule has 21 heteroatoms. The molecule has 0 unspecified atom stereocenters. The predicted octanol–water partition coefficient (Wildman–Crippen LogP) is 6.38. The van der Waals surface area contributed by atoms with E-state index in [1.807, 2.05) is 0 Å². The van der Waals surface area contributed by atoms with Gasteiger partial charge in [-0.2, -0.15) is 0 Å².